The maximum atomic E-state index is 0. The van der Waals surface area contributed by atoms with E-state index in [4.69, 9.17) is 0 Å². The first-order valence-electron chi connectivity index (χ1n) is 0. The molecular formula is H7CaKMgP. The summed E-state index contributed by atoms with van der Waals surface area (Å²) in [6, 6.07) is 0. The molecule has 0 saturated carbocycles. The average molecular weight is 142 g/mol. The van der Waals surface area contributed by atoms with Crippen LogP contribution in [-0.2, 0) is 0 Å². The first kappa shape index (κ1) is 24.3. The predicted molar refractivity (Wildman–Crippen MR) is 32.8 cm³/mol. The van der Waals surface area contributed by atoms with Crippen LogP contribution in [0.15, 0.2) is 0 Å². The van der Waals surface area contributed by atoms with Crippen molar-refractivity contribution in [2.75, 3.05) is 0 Å². The zero-order chi connectivity index (χ0) is 0. The molecule has 0 rings (SSSR count). The van der Waals surface area contributed by atoms with Crippen LogP contribution >= 0.6 is 9.90 Å². The molecule has 0 N–H and O–H groups in total. The molecule has 0 fully saturated rings. The summed E-state index contributed by atoms with van der Waals surface area (Å²) in [7, 11) is 0. The second-order valence-electron chi connectivity index (χ2n) is 0. The maximum Gasteiger partial charge on any atom is 2.00 e. The van der Waals surface area contributed by atoms with E-state index in [1.54, 1.807) is 0 Å². The normalized spacial score (nSPS) is 0. The van der Waals surface area contributed by atoms with Crippen molar-refractivity contribution in [3.8, 4) is 0 Å². The minimum absolute atomic E-state index is 0. The average Bonchev–Trinajstić information content (AvgIpc) is 0. The molecule has 0 amide bonds. The van der Waals surface area contributed by atoms with Crippen molar-refractivity contribution in [1.29, 1.82) is 0 Å². The van der Waals surface area contributed by atoms with Crippen molar-refractivity contribution in [3.05, 3.63) is 0 Å². The van der Waals surface area contributed by atoms with Crippen LogP contribution < -0.4 is 0 Å². The molecule has 0 nitrogen and oxygen atoms in total. The van der Waals surface area contributed by atoms with Crippen molar-refractivity contribution in [2.45, 2.75) is 0 Å². The molecule has 0 aromatic heterocycles. The zero-order valence-corrected chi connectivity index (χ0v) is 11.3. The first-order valence-corrected chi connectivity index (χ1v) is 0. The van der Waals surface area contributed by atoms with E-state index in [1.165, 1.54) is 0 Å². The number of rotatable bonds is 0. The summed E-state index contributed by atoms with van der Waals surface area (Å²) in [5.74, 6) is 0. The summed E-state index contributed by atoms with van der Waals surface area (Å²) < 4.78 is 0. The third-order valence-corrected chi connectivity index (χ3v) is 0. The third kappa shape index (κ3) is 9.43. The van der Waals surface area contributed by atoms with Crippen molar-refractivity contribution in [1.82, 2.24) is 0 Å². The summed E-state index contributed by atoms with van der Waals surface area (Å²) >= 11 is 0. The van der Waals surface area contributed by atoms with Crippen LogP contribution in [0.3, 0.4) is 0 Å². The molecule has 17 valence electrons. The van der Waals surface area contributed by atoms with E-state index in [-0.39, 0.29) is 128 Å². The molecule has 0 heterocycles. The van der Waals surface area contributed by atoms with Gasteiger partial charge in [-0.2, -0.15) is 9.90 Å². The van der Waals surface area contributed by atoms with Crippen molar-refractivity contribution in [3.63, 3.8) is 0 Å². The van der Waals surface area contributed by atoms with Gasteiger partial charge in [-0.3, -0.25) is 0 Å². The van der Waals surface area contributed by atoms with Gasteiger partial charge in [-0.1, -0.05) is 0 Å². The Morgan fingerprint density at radius 3 is 1.25 bits per heavy atom. The van der Waals surface area contributed by atoms with Crippen LogP contribution in [0.4, 0.5) is 0 Å². The second kappa shape index (κ2) is 15.7. The Bertz CT molecular complexity index is 16.0. The SMILES string of the molecule is P.[Ca+2].[H-].[H-].[H-].[H-].[K].[Mg+2]. The Morgan fingerprint density at radius 1 is 1.25 bits per heavy atom. The molecule has 0 spiro atoms. The molecule has 0 saturated heterocycles. The Morgan fingerprint density at radius 2 is 1.25 bits per heavy atom. The van der Waals surface area contributed by atoms with Crippen molar-refractivity contribution in [2.24, 2.45) is 0 Å². The maximum absolute atomic E-state index is 0. The summed E-state index contributed by atoms with van der Waals surface area (Å²) in [4.78, 5) is 0. The quantitative estimate of drug-likeness (QED) is 0.311. The van der Waals surface area contributed by atoms with E-state index >= 15 is 0 Å². The van der Waals surface area contributed by atoms with Gasteiger partial charge in [0.1, 0.15) is 0 Å². The summed E-state index contributed by atoms with van der Waals surface area (Å²) in [5.41, 5.74) is 0. The predicted octanol–water partition coefficient (Wildman–Crippen LogP) is -0.634. The largest absolute Gasteiger partial charge is 2.00 e. The summed E-state index contributed by atoms with van der Waals surface area (Å²) in [5, 5.41) is 0. The zero-order valence-electron chi connectivity index (χ0n) is 7.12. The van der Waals surface area contributed by atoms with E-state index in [9.17, 15) is 0 Å². The molecule has 0 bridgehead atoms. The molecule has 1 atom stereocenters. The van der Waals surface area contributed by atoms with Gasteiger partial charge in [-0.15, -0.1) is 0 Å². The van der Waals surface area contributed by atoms with Crippen LogP contribution in [0, 0.1) is 0 Å². The minimum Gasteiger partial charge on any atom is -1.00 e. The monoisotopic (exact) mass is 141 g/mol. The minimum atomic E-state index is 0. The van der Waals surface area contributed by atoms with E-state index in [0.717, 1.165) is 0 Å². The molecule has 0 aliphatic rings. The number of hydrogen-bond acceptors (Lipinski definition) is 0. The van der Waals surface area contributed by atoms with Gasteiger partial charge < -0.3 is 5.71 Å². The van der Waals surface area contributed by atoms with E-state index in [0.29, 0.717) is 0 Å². The van der Waals surface area contributed by atoms with Crippen LogP contribution in [-0.4, -0.2) is 112 Å². The molecule has 0 aromatic rings. The Kier molecular flexibility index (Phi) is 95.5. The van der Waals surface area contributed by atoms with E-state index in [2.05, 4.69) is 0 Å². The fraction of sp³-hybridized carbons (Fsp3) is 0. The van der Waals surface area contributed by atoms with Gasteiger partial charge in [0.05, 0.1) is 0 Å². The van der Waals surface area contributed by atoms with Gasteiger partial charge in [-0.05, 0) is 0 Å². The van der Waals surface area contributed by atoms with Crippen LogP contribution in [0.25, 0.3) is 0 Å². The molecule has 0 aliphatic heterocycles. The van der Waals surface area contributed by atoms with Crippen LogP contribution in [0.1, 0.15) is 5.71 Å². The summed E-state index contributed by atoms with van der Waals surface area (Å²) in [6.45, 7) is 0. The third-order valence-electron chi connectivity index (χ3n) is 0. The molecule has 4 heavy (non-hydrogen) atoms. The fourth-order valence-electron chi connectivity index (χ4n) is 0. The molecule has 0 aromatic carbocycles. The Balaban J connectivity index is 0. The topological polar surface area (TPSA) is 0 Å². The van der Waals surface area contributed by atoms with Gasteiger partial charge in [0.2, 0.25) is 0 Å². The first-order chi connectivity index (χ1) is 0. The molecule has 4 heteroatoms. The van der Waals surface area contributed by atoms with Gasteiger partial charge >= 0.3 is 60.8 Å². The van der Waals surface area contributed by atoms with E-state index < -0.39 is 0 Å². The molecular weight excluding hydrogens is 134 g/mol. The second-order valence-corrected chi connectivity index (χ2v) is 0. The van der Waals surface area contributed by atoms with Gasteiger partial charge in [-0.25, -0.2) is 0 Å². The standard InChI is InChI=1S/Ca.K.Mg.H3P.4H/h;;;1H3;;;;/q+2;;+2;;4*-1. The molecule has 1 radical (unpaired) electrons. The van der Waals surface area contributed by atoms with E-state index in [1.807, 2.05) is 0 Å². The van der Waals surface area contributed by atoms with Gasteiger partial charge in [0, 0.05) is 51.4 Å². The van der Waals surface area contributed by atoms with Crippen molar-refractivity contribution < 1.29 is 5.71 Å². The smallest absolute Gasteiger partial charge is 1.00 e. The Hall–Kier alpha value is 4.09. The Labute approximate surface area is 124 Å². The van der Waals surface area contributed by atoms with Gasteiger partial charge in [0.25, 0.3) is 0 Å². The van der Waals surface area contributed by atoms with Crippen molar-refractivity contribution >= 4 is 122 Å². The van der Waals surface area contributed by atoms with Crippen LogP contribution in [0.2, 0.25) is 0 Å². The number of hydrogen-bond donors (Lipinski definition) is 0. The fourth-order valence-corrected chi connectivity index (χ4v) is 0. The van der Waals surface area contributed by atoms with Crippen LogP contribution in [0.5, 0.6) is 0 Å². The van der Waals surface area contributed by atoms with Gasteiger partial charge in [0.15, 0.2) is 0 Å². The molecule has 1 unspecified atom stereocenters. The summed E-state index contributed by atoms with van der Waals surface area (Å²) in [6.07, 6.45) is 0. The molecule has 0 aliphatic carbocycles.